The second-order valence-corrected chi connectivity index (χ2v) is 6.05. The molecule has 0 aliphatic carbocycles. The number of rotatable bonds is 3. The van der Waals surface area contributed by atoms with Crippen LogP contribution in [0.25, 0.3) is 0 Å². The lowest BCUT2D eigenvalue weighted by molar-refractivity contribution is 0.297. The van der Waals surface area contributed by atoms with Gasteiger partial charge < -0.3 is 14.8 Å². The molecule has 1 aliphatic heterocycles. The smallest absolute Gasteiger partial charge is 0.163 e. The summed E-state index contributed by atoms with van der Waals surface area (Å²) >= 11 is 3.51. The summed E-state index contributed by atoms with van der Waals surface area (Å²) in [7, 11) is 0. The molecule has 0 spiro atoms. The first-order valence-corrected chi connectivity index (χ1v) is 7.93. The van der Waals surface area contributed by atoms with Crippen LogP contribution >= 0.6 is 15.9 Å². The number of hydrogen-bond donors (Lipinski definition) is 1. The minimum Gasteiger partial charge on any atom is -0.490 e. The second kappa shape index (κ2) is 6.39. The SMILES string of the molecule is CC(Nc1ccc2c(c1)OCCCO2)c1cccc(Br)c1. The van der Waals surface area contributed by atoms with E-state index >= 15 is 0 Å². The van der Waals surface area contributed by atoms with Gasteiger partial charge in [0.2, 0.25) is 0 Å². The van der Waals surface area contributed by atoms with E-state index in [1.807, 2.05) is 30.3 Å². The molecule has 0 aromatic heterocycles. The zero-order valence-electron chi connectivity index (χ0n) is 11.9. The Hall–Kier alpha value is -1.68. The largest absolute Gasteiger partial charge is 0.490 e. The van der Waals surface area contributed by atoms with Gasteiger partial charge in [0.25, 0.3) is 0 Å². The Balaban J connectivity index is 1.77. The summed E-state index contributed by atoms with van der Waals surface area (Å²) in [5, 5.41) is 3.50. The molecule has 1 heterocycles. The van der Waals surface area contributed by atoms with Gasteiger partial charge in [-0.3, -0.25) is 0 Å². The maximum Gasteiger partial charge on any atom is 0.163 e. The fourth-order valence-electron chi connectivity index (χ4n) is 2.36. The van der Waals surface area contributed by atoms with E-state index in [-0.39, 0.29) is 6.04 Å². The molecule has 3 rings (SSSR count). The molecule has 2 aromatic rings. The molecule has 3 nitrogen and oxygen atoms in total. The Morgan fingerprint density at radius 2 is 1.86 bits per heavy atom. The highest BCUT2D eigenvalue weighted by molar-refractivity contribution is 9.10. The van der Waals surface area contributed by atoms with E-state index in [9.17, 15) is 0 Å². The third-order valence-corrected chi connectivity index (χ3v) is 3.97. The van der Waals surface area contributed by atoms with Crippen molar-refractivity contribution in [3.05, 3.63) is 52.5 Å². The monoisotopic (exact) mass is 347 g/mol. The van der Waals surface area contributed by atoms with Crippen molar-refractivity contribution in [2.24, 2.45) is 0 Å². The lowest BCUT2D eigenvalue weighted by Crippen LogP contribution is -2.06. The molecule has 0 bridgehead atoms. The minimum atomic E-state index is 0.215. The number of hydrogen-bond acceptors (Lipinski definition) is 3. The van der Waals surface area contributed by atoms with Crippen LogP contribution in [0.3, 0.4) is 0 Å². The molecule has 4 heteroatoms. The van der Waals surface area contributed by atoms with E-state index in [1.165, 1.54) is 5.56 Å². The maximum atomic E-state index is 5.72. The molecule has 110 valence electrons. The van der Waals surface area contributed by atoms with Crippen LogP contribution in [0.15, 0.2) is 46.9 Å². The van der Waals surface area contributed by atoms with Gasteiger partial charge in [0.05, 0.1) is 13.2 Å². The van der Waals surface area contributed by atoms with Gasteiger partial charge in [0.1, 0.15) is 0 Å². The Kier molecular flexibility index (Phi) is 4.34. The van der Waals surface area contributed by atoms with Crippen LogP contribution in [0.1, 0.15) is 24.9 Å². The predicted molar refractivity (Wildman–Crippen MR) is 88.2 cm³/mol. The number of halogens is 1. The van der Waals surface area contributed by atoms with Crippen molar-refractivity contribution in [3.8, 4) is 11.5 Å². The average Bonchev–Trinajstić information content (AvgIpc) is 2.72. The molecule has 1 unspecified atom stereocenters. The Labute approximate surface area is 133 Å². The molecule has 1 N–H and O–H groups in total. The zero-order chi connectivity index (χ0) is 14.7. The first kappa shape index (κ1) is 14.3. The third-order valence-electron chi connectivity index (χ3n) is 3.48. The van der Waals surface area contributed by atoms with Crippen LogP contribution in [0.4, 0.5) is 5.69 Å². The summed E-state index contributed by atoms with van der Waals surface area (Å²) in [5.74, 6) is 1.65. The molecule has 0 saturated heterocycles. The topological polar surface area (TPSA) is 30.5 Å². The molecule has 21 heavy (non-hydrogen) atoms. The van der Waals surface area contributed by atoms with E-state index in [2.05, 4.69) is 40.3 Å². The van der Waals surface area contributed by atoms with Crippen LogP contribution in [0.5, 0.6) is 11.5 Å². The van der Waals surface area contributed by atoms with Crippen molar-refractivity contribution < 1.29 is 9.47 Å². The molecule has 1 aliphatic rings. The van der Waals surface area contributed by atoms with Gasteiger partial charge in [-0.25, -0.2) is 0 Å². The second-order valence-electron chi connectivity index (χ2n) is 5.13. The lowest BCUT2D eigenvalue weighted by atomic mass is 10.1. The van der Waals surface area contributed by atoms with Crippen LogP contribution < -0.4 is 14.8 Å². The van der Waals surface area contributed by atoms with Crippen LogP contribution in [0, 0.1) is 0 Å². The highest BCUT2D eigenvalue weighted by Crippen LogP contribution is 2.33. The van der Waals surface area contributed by atoms with Crippen LogP contribution in [-0.4, -0.2) is 13.2 Å². The molecule has 0 amide bonds. The first-order valence-electron chi connectivity index (χ1n) is 7.14. The number of ether oxygens (including phenoxy) is 2. The zero-order valence-corrected chi connectivity index (χ0v) is 13.5. The fourth-order valence-corrected chi connectivity index (χ4v) is 2.78. The van der Waals surface area contributed by atoms with Gasteiger partial charge in [0, 0.05) is 28.7 Å². The number of fused-ring (bicyclic) bond motifs is 1. The summed E-state index contributed by atoms with van der Waals surface area (Å²) < 4.78 is 12.5. The van der Waals surface area contributed by atoms with Crippen molar-refractivity contribution in [1.29, 1.82) is 0 Å². The number of nitrogens with one attached hydrogen (secondary N) is 1. The average molecular weight is 348 g/mol. The standard InChI is InChI=1S/C17H18BrNO2/c1-12(13-4-2-5-14(18)10-13)19-15-6-7-16-17(11-15)21-9-3-8-20-16/h2,4-7,10-12,19H,3,8-9H2,1H3. The van der Waals surface area contributed by atoms with Gasteiger partial charge in [-0.05, 0) is 36.8 Å². The Morgan fingerprint density at radius 1 is 1.05 bits per heavy atom. The Bertz CT molecular complexity index is 630. The highest BCUT2D eigenvalue weighted by Gasteiger charge is 2.12. The first-order chi connectivity index (χ1) is 10.2. The third kappa shape index (κ3) is 3.50. The van der Waals surface area contributed by atoms with Gasteiger partial charge >= 0.3 is 0 Å². The van der Waals surface area contributed by atoms with Crippen molar-refractivity contribution in [2.75, 3.05) is 18.5 Å². The summed E-state index contributed by atoms with van der Waals surface area (Å²) in [4.78, 5) is 0. The molecule has 2 aromatic carbocycles. The van der Waals surface area contributed by atoms with E-state index in [0.717, 1.165) is 28.1 Å². The van der Waals surface area contributed by atoms with Crippen molar-refractivity contribution in [2.45, 2.75) is 19.4 Å². The quantitative estimate of drug-likeness (QED) is 0.866. The summed E-state index contributed by atoms with van der Waals surface area (Å²) in [6, 6.07) is 14.5. The highest BCUT2D eigenvalue weighted by atomic mass is 79.9. The number of benzene rings is 2. The molecular weight excluding hydrogens is 330 g/mol. The summed E-state index contributed by atoms with van der Waals surface area (Å²) in [5.41, 5.74) is 2.27. The fraction of sp³-hybridized carbons (Fsp3) is 0.294. The van der Waals surface area contributed by atoms with Crippen LogP contribution in [0.2, 0.25) is 0 Å². The van der Waals surface area contributed by atoms with Gasteiger partial charge in [-0.1, -0.05) is 28.1 Å². The van der Waals surface area contributed by atoms with Crippen molar-refractivity contribution in [1.82, 2.24) is 0 Å². The maximum absolute atomic E-state index is 5.72. The lowest BCUT2D eigenvalue weighted by Gasteiger charge is -2.17. The number of anilines is 1. The molecular formula is C17H18BrNO2. The van der Waals surface area contributed by atoms with Crippen molar-refractivity contribution in [3.63, 3.8) is 0 Å². The minimum absolute atomic E-state index is 0.215. The van der Waals surface area contributed by atoms with E-state index in [1.54, 1.807) is 0 Å². The van der Waals surface area contributed by atoms with Crippen LogP contribution in [-0.2, 0) is 0 Å². The molecule has 1 atom stereocenters. The molecule has 0 saturated carbocycles. The van der Waals surface area contributed by atoms with Crippen molar-refractivity contribution >= 4 is 21.6 Å². The van der Waals surface area contributed by atoms with Gasteiger partial charge in [-0.2, -0.15) is 0 Å². The predicted octanol–water partition coefficient (Wildman–Crippen LogP) is 4.78. The normalized spacial score (nSPS) is 15.1. The van der Waals surface area contributed by atoms with Gasteiger partial charge in [-0.15, -0.1) is 0 Å². The van der Waals surface area contributed by atoms with E-state index in [4.69, 9.17) is 9.47 Å². The van der Waals surface area contributed by atoms with Gasteiger partial charge in [0.15, 0.2) is 11.5 Å². The summed E-state index contributed by atoms with van der Waals surface area (Å²) in [6.45, 7) is 3.57. The molecule has 0 fully saturated rings. The van der Waals surface area contributed by atoms with E-state index < -0.39 is 0 Å². The Morgan fingerprint density at radius 3 is 2.67 bits per heavy atom. The van der Waals surface area contributed by atoms with E-state index in [0.29, 0.717) is 13.2 Å². The summed E-state index contributed by atoms with van der Waals surface area (Å²) in [6.07, 6.45) is 0.923. The molecule has 0 radical (unpaired) electrons.